The number of carbonyl (C=O) groups excluding carboxylic acids is 3. The van der Waals surface area contributed by atoms with E-state index < -0.39 is 6.04 Å². The largest absolute Gasteiger partial charge is 0.497 e. The summed E-state index contributed by atoms with van der Waals surface area (Å²) in [6.45, 7) is 6.64. The Labute approximate surface area is 317 Å². The van der Waals surface area contributed by atoms with Gasteiger partial charge in [0.15, 0.2) is 0 Å². The van der Waals surface area contributed by atoms with Crippen LogP contribution in [0.5, 0.6) is 17.2 Å². The predicted molar refractivity (Wildman–Crippen MR) is 206 cm³/mol. The third-order valence-electron chi connectivity index (χ3n) is 11.5. The van der Waals surface area contributed by atoms with Gasteiger partial charge in [-0.05, 0) is 85.3 Å². The maximum absolute atomic E-state index is 13.1. The van der Waals surface area contributed by atoms with Gasteiger partial charge in [0.05, 0.1) is 20.3 Å². The van der Waals surface area contributed by atoms with Crippen LogP contribution in [0.25, 0.3) is 0 Å². The van der Waals surface area contributed by atoms with Crippen molar-refractivity contribution in [3.63, 3.8) is 0 Å². The molecule has 0 aliphatic carbocycles. The van der Waals surface area contributed by atoms with E-state index in [-0.39, 0.29) is 36.0 Å². The number of carbonyl (C=O) groups is 3. The normalized spacial score (nSPS) is 21.3. The molecule has 54 heavy (non-hydrogen) atoms. The van der Waals surface area contributed by atoms with E-state index >= 15 is 0 Å². The third kappa shape index (κ3) is 7.53. The van der Waals surface area contributed by atoms with Crippen LogP contribution in [0.4, 0.5) is 5.69 Å². The smallest absolute Gasteiger partial charge is 0.255 e. The minimum atomic E-state index is -0.589. The Hall–Kier alpha value is -5.35. The number of nitrogens with one attached hydrogen (secondary N) is 1. The molecule has 4 aromatic rings. The number of amides is 3. The fourth-order valence-electron chi connectivity index (χ4n) is 8.48. The first-order valence-corrected chi connectivity index (χ1v) is 19.3. The van der Waals surface area contributed by atoms with Crippen LogP contribution in [0.2, 0.25) is 0 Å². The molecule has 0 bridgehead atoms. The van der Waals surface area contributed by atoms with Crippen LogP contribution >= 0.6 is 0 Å². The molecule has 0 radical (unpaired) electrons. The molecular formula is C44H48N4O6. The Morgan fingerprint density at radius 1 is 0.815 bits per heavy atom. The summed E-state index contributed by atoms with van der Waals surface area (Å²) in [6.07, 6.45) is 3.89. The Morgan fingerprint density at radius 2 is 1.61 bits per heavy atom. The number of benzene rings is 4. The van der Waals surface area contributed by atoms with E-state index in [1.165, 1.54) is 16.7 Å². The molecule has 4 aliphatic rings. The summed E-state index contributed by atoms with van der Waals surface area (Å²) in [4.78, 5) is 43.6. The number of methoxy groups -OCH3 is 1. The summed E-state index contributed by atoms with van der Waals surface area (Å²) in [5, 5.41) is 2.38. The number of fused-ring (bicyclic) bond motifs is 2. The lowest BCUT2D eigenvalue weighted by molar-refractivity contribution is -0.136. The van der Waals surface area contributed by atoms with Gasteiger partial charge in [-0.15, -0.1) is 0 Å². The SMILES string of the molecule is COc1ccc2c(c1)OCC(c1ccccc1)C2c1ccc(OCCCCCN2CCN(c3ccc4c(c3)CN(C3CCC(=O)NC3=O)C4=O)CC2)cc1. The molecule has 4 aromatic carbocycles. The Kier molecular flexibility index (Phi) is 10.5. The number of hydrogen-bond donors (Lipinski definition) is 1. The van der Waals surface area contributed by atoms with Gasteiger partial charge in [-0.1, -0.05) is 48.5 Å². The van der Waals surface area contributed by atoms with Gasteiger partial charge in [-0.3, -0.25) is 24.6 Å². The number of hydrogen-bond acceptors (Lipinski definition) is 8. The number of rotatable bonds is 12. The fraction of sp³-hybridized carbons (Fsp3) is 0.386. The standard InChI is InChI=1S/C44H48N4O6/c1-52-35-15-17-37-40(27-35)54-29-38(30-8-4-2-5-9-30)42(37)31-10-13-34(14-11-31)53-25-7-3-6-20-46-21-23-47(24-22-46)33-12-16-36-32(26-33)28-48(44(36)51)39-18-19-41(49)45-43(39)50/h2,4-5,8-17,26-27,38-39,42H,3,6-7,18-25,28-29H2,1H3,(H,45,49,50). The second kappa shape index (κ2) is 15.9. The van der Waals surface area contributed by atoms with E-state index in [4.69, 9.17) is 14.2 Å². The Morgan fingerprint density at radius 3 is 2.39 bits per heavy atom. The second-order valence-corrected chi connectivity index (χ2v) is 14.8. The first kappa shape index (κ1) is 35.7. The van der Waals surface area contributed by atoms with Crippen LogP contribution in [-0.2, 0) is 16.1 Å². The number of ether oxygens (including phenoxy) is 3. The summed E-state index contributed by atoms with van der Waals surface area (Å²) in [7, 11) is 1.68. The van der Waals surface area contributed by atoms with Crippen molar-refractivity contribution in [2.45, 2.75) is 56.5 Å². The predicted octanol–water partition coefficient (Wildman–Crippen LogP) is 6.14. The minimum absolute atomic E-state index is 0.129. The van der Waals surface area contributed by atoms with Crippen molar-refractivity contribution >= 4 is 23.4 Å². The van der Waals surface area contributed by atoms with Crippen molar-refractivity contribution in [3.8, 4) is 17.2 Å². The number of imide groups is 1. The van der Waals surface area contributed by atoms with Crippen molar-refractivity contribution in [3.05, 3.63) is 119 Å². The molecule has 4 heterocycles. The maximum Gasteiger partial charge on any atom is 0.255 e. The number of piperidine rings is 1. The van der Waals surface area contributed by atoms with Gasteiger partial charge in [0.1, 0.15) is 23.3 Å². The molecule has 3 unspecified atom stereocenters. The number of unbranched alkanes of at least 4 members (excludes halogenated alkanes) is 2. The maximum atomic E-state index is 13.1. The van der Waals surface area contributed by atoms with Crippen LogP contribution in [0.15, 0.2) is 91.0 Å². The average Bonchev–Trinajstić information content (AvgIpc) is 3.54. The highest BCUT2D eigenvalue weighted by Crippen LogP contribution is 2.47. The van der Waals surface area contributed by atoms with Gasteiger partial charge in [0.2, 0.25) is 11.8 Å². The van der Waals surface area contributed by atoms with Crippen LogP contribution < -0.4 is 24.4 Å². The zero-order valence-electron chi connectivity index (χ0n) is 30.9. The number of piperazine rings is 1. The van der Waals surface area contributed by atoms with Gasteiger partial charge in [-0.2, -0.15) is 0 Å². The van der Waals surface area contributed by atoms with Crippen molar-refractivity contribution in [2.75, 3.05) is 57.9 Å². The molecule has 1 N–H and O–H groups in total. The molecule has 3 amide bonds. The first-order chi connectivity index (χ1) is 26.4. The zero-order chi connectivity index (χ0) is 37.0. The first-order valence-electron chi connectivity index (χ1n) is 19.3. The molecule has 0 saturated carbocycles. The molecule has 0 spiro atoms. The fourth-order valence-corrected chi connectivity index (χ4v) is 8.48. The van der Waals surface area contributed by atoms with Crippen molar-refractivity contribution < 1.29 is 28.6 Å². The third-order valence-corrected chi connectivity index (χ3v) is 11.5. The van der Waals surface area contributed by atoms with E-state index in [0.29, 0.717) is 31.7 Å². The van der Waals surface area contributed by atoms with Crippen molar-refractivity contribution in [2.24, 2.45) is 0 Å². The minimum Gasteiger partial charge on any atom is -0.497 e. The van der Waals surface area contributed by atoms with Crippen molar-refractivity contribution in [1.29, 1.82) is 0 Å². The lowest BCUT2D eigenvalue weighted by Gasteiger charge is -2.36. The average molecular weight is 729 g/mol. The van der Waals surface area contributed by atoms with Gasteiger partial charge in [0.25, 0.3) is 5.91 Å². The summed E-state index contributed by atoms with van der Waals surface area (Å²) < 4.78 is 17.9. The number of anilines is 1. The van der Waals surface area contributed by atoms with Crippen LogP contribution in [0, 0.1) is 0 Å². The summed E-state index contributed by atoms with van der Waals surface area (Å²) in [6, 6.07) is 30.8. The summed E-state index contributed by atoms with van der Waals surface area (Å²) >= 11 is 0. The lowest BCUT2D eigenvalue weighted by Crippen LogP contribution is -2.52. The molecule has 10 heteroatoms. The molecule has 8 rings (SSSR count). The molecule has 3 atom stereocenters. The van der Waals surface area contributed by atoms with Gasteiger partial charge >= 0.3 is 0 Å². The Balaban J connectivity index is 0.777. The van der Waals surface area contributed by atoms with E-state index in [2.05, 4.69) is 81.8 Å². The van der Waals surface area contributed by atoms with Gasteiger partial charge in [0, 0.05) is 73.9 Å². The quantitative estimate of drug-likeness (QED) is 0.137. The molecule has 4 aliphatic heterocycles. The highest BCUT2D eigenvalue weighted by Gasteiger charge is 2.39. The second-order valence-electron chi connectivity index (χ2n) is 14.8. The topological polar surface area (TPSA) is 101 Å². The summed E-state index contributed by atoms with van der Waals surface area (Å²) in [5.41, 5.74) is 6.41. The summed E-state index contributed by atoms with van der Waals surface area (Å²) in [5.74, 6) is 2.16. The molecule has 0 aromatic heterocycles. The molecule has 280 valence electrons. The molecular weight excluding hydrogens is 681 g/mol. The van der Waals surface area contributed by atoms with E-state index in [1.54, 1.807) is 12.0 Å². The zero-order valence-corrected chi connectivity index (χ0v) is 30.9. The highest BCUT2D eigenvalue weighted by molar-refractivity contribution is 6.05. The van der Waals surface area contributed by atoms with Crippen LogP contribution in [0.3, 0.4) is 0 Å². The van der Waals surface area contributed by atoms with Gasteiger partial charge in [-0.25, -0.2) is 0 Å². The highest BCUT2D eigenvalue weighted by atomic mass is 16.5. The van der Waals surface area contributed by atoms with E-state index in [9.17, 15) is 14.4 Å². The van der Waals surface area contributed by atoms with E-state index in [1.807, 2.05) is 24.3 Å². The number of nitrogens with zero attached hydrogens (tertiary/aromatic N) is 3. The monoisotopic (exact) mass is 728 g/mol. The Bertz CT molecular complexity index is 1980. The molecule has 2 saturated heterocycles. The van der Waals surface area contributed by atoms with Crippen LogP contribution in [0.1, 0.15) is 76.6 Å². The van der Waals surface area contributed by atoms with Gasteiger partial charge < -0.3 is 24.0 Å². The molecule has 10 nitrogen and oxygen atoms in total. The van der Waals surface area contributed by atoms with Crippen molar-refractivity contribution in [1.82, 2.24) is 15.1 Å². The lowest BCUT2D eigenvalue weighted by atomic mass is 9.76. The van der Waals surface area contributed by atoms with E-state index in [0.717, 1.165) is 80.5 Å². The molecule has 2 fully saturated rings. The van der Waals surface area contributed by atoms with Crippen LogP contribution in [-0.4, -0.2) is 86.6 Å².